The molecule has 1 aliphatic heterocycles. The van der Waals surface area contributed by atoms with Gasteiger partial charge in [0, 0.05) is 4.48 Å². The molecule has 6 heteroatoms. The number of benzene rings is 1. The number of halogens is 1. The lowest BCUT2D eigenvalue weighted by molar-refractivity contribution is -0.132. The summed E-state index contributed by atoms with van der Waals surface area (Å²) in [6.45, 7) is 2.18. The Morgan fingerprint density at radius 1 is 1.29 bits per heavy atom. The molecule has 1 heterocycles. The van der Waals surface area contributed by atoms with Crippen LogP contribution in [0.15, 0.2) is 39.9 Å². The molecule has 3 rings (SSSR count). The van der Waals surface area contributed by atoms with E-state index >= 15 is 0 Å². The quantitative estimate of drug-likeness (QED) is 0.629. The fourth-order valence-corrected chi connectivity index (χ4v) is 3.52. The van der Waals surface area contributed by atoms with Crippen LogP contribution in [0.25, 0.3) is 6.08 Å². The summed E-state index contributed by atoms with van der Waals surface area (Å²) in [5.74, 6) is 0.358. The third kappa shape index (κ3) is 3.43. The second-order valence-corrected chi connectivity index (χ2v) is 7.41. The van der Waals surface area contributed by atoms with Crippen LogP contribution in [0.2, 0.25) is 0 Å². The van der Waals surface area contributed by atoms with Crippen LogP contribution in [0.3, 0.4) is 0 Å². The van der Waals surface area contributed by atoms with Gasteiger partial charge >= 0.3 is 6.03 Å². The van der Waals surface area contributed by atoms with E-state index in [4.69, 9.17) is 0 Å². The van der Waals surface area contributed by atoms with E-state index < -0.39 is 11.6 Å². The maximum atomic E-state index is 12.7. The highest BCUT2D eigenvalue weighted by Gasteiger charge is 2.52. The molecular formula is C18H20BrN3O2. The minimum atomic E-state index is -0.753. The number of imide groups is 1. The van der Waals surface area contributed by atoms with Gasteiger partial charge in [-0.3, -0.25) is 4.79 Å². The van der Waals surface area contributed by atoms with Gasteiger partial charge in [0.15, 0.2) is 0 Å². The largest absolute Gasteiger partial charge is 0.346 e. The van der Waals surface area contributed by atoms with Crippen LogP contribution in [0.5, 0.6) is 0 Å². The molecule has 2 fully saturated rings. The third-order valence-electron chi connectivity index (χ3n) is 4.67. The number of hydrazone groups is 1. The predicted molar refractivity (Wildman–Crippen MR) is 97.6 cm³/mol. The van der Waals surface area contributed by atoms with Gasteiger partial charge in [-0.05, 0) is 59.2 Å². The van der Waals surface area contributed by atoms with Gasteiger partial charge in [0.1, 0.15) is 5.54 Å². The Labute approximate surface area is 149 Å². The van der Waals surface area contributed by atoms with Crippen LogP contribution >= 0.6 is 15.9 Å². The van der Waals surface area contributed by atoms with E-state index in [1.807, 2.05) is 36.4 Å². The van der Waals surface area contributed by atoms with Crippen molar-refractivity contribution in [1.82, 2.24) is 10.3 Å². The number of hydrogen-bond donors (Lipinski definition) is 1. The standard InChI is InChI=1S/C18H20BrN3O2/c1-13-7-9-18(10-8-13)16(23)22(17(24)21-18)20-12-15(19)11-14-5-3-2-4-6-14/h2-6,11-13H,7-10H2,1H3,(H,21,24)/b15-11-,20-12+. The SMILES string of the molecule is CC1CCC2(CC1)NC(=O)N(/N=C/C(Br)=C/c1ccccc1)C2=O. The van der Waals surface area contributed by atoms with Crippen molar-refractivity contribution in [3.05, 3.63) is 40.4 Å². The van der Waals surface area contributed by atoms with Gasteiger partial charge in [-0.15, -0.1) is 5.01 Å². The number of carbonyl (C=O) groups excluding carboxylic acids is 2. The van der Waals surface area contributed by atoms with Crippen molar-refractivity contribution in [2.75, 3.05) is 0 Å². The molecule has 126 valence electrons. The minimum Gasteiger partial charge on any atom is -0.321 e. The summed E-state index contributed by atoms with van der Waals surface area (Å²) in [5.41, 5.74) is 0.252. The Hall–Kier alpha value is -1.95. The summed E-state index contributed by atoms with van der Waals surface area (Å²) in [7, 11) is 0. The van der Waals surface area contributed by atoms with Crippen molar-refractivity contribution in [3.63, 3.8) is 0 Å². The first kappa shape index (κ1) is 16.9. The van der Waals surface area contributed by atoms with Crippen LogP contribution in [0, 0.1) is 5.92 Å². The maximum absolute atomic E-state index is 12.7. The zero-order chi connectivity index (χ0) is 17.2. The van der Waals surface area contributed by atoms with Crippen molar-refractivity contribution in [2.24, 2.45) is 11.0 Å². The smallest absolute Gasteiger partial charge is 0.321 e. The fraction of sp³-hybridized carbons (Fsp3) is 0.389. The first-order chi connectivity index (χ1) is 11.5. The molecular weight excluding hydrogens is 370 g/mol. The lowest BCUT2D eigenvalue weighted by atomic mass is 9.77. The summed E-state index contributed by atoms with van der Waals surface area (Å²) in [6.07, 6.45) is 6.62. The van der Waals surface area contributed by atoms with E-state index in [-0.39, 0.29) is 5.91 Å². The number of amides is 3. The Kier molecular flexibility index (Phi) is 4.85. The predicted octanol–water partition coefficient (Wildman–Crippen LogP) is 3.91. The Morgan fingerprint density at radius 3 is 2.62 bits per heavy atom. The van der Waals surface area contributed by atoms with E-state index in [9.17, 15) is 9.59 Å². The average Bonchev–Trinajstić information content (AvgIpc) is 2.80. The third-order valence-corrected chi connectivity index (χ3v) is 5.10. The second-order valence-electron chi connectivity index (χ2n) is 6.50. The van der Waals surface area contributed by atoms with E-state index in [1.54, 1.807) is 0 Å². The van der Waals surface area contributed by atoms with Gasteiger partial charge in [0.25, 0.3) is 5.91 Å². The Morgan fingerprint density at radius 2 is 1.96 bits per heavy atom. The Balaban J connectivity index is 1.72. The van der Waals surface area contributed by atoms with E-state index in [2.05, 4.69) is 33.3 Å². The summed E-state index contributed by atoms with van der Waals surface area (Å²) < 4.78 is 0.688. The summed E-state index contributed by atoms with van der Waals surface area (Å²) in [5, 5.41) is 7.89. The number of hydrogen-bond acceptors (Lipinski definition) is 3. The van der Waals surface area contributed by atoms with Crippen LogP contribution in [-0.2, 0) is 4.79 Å². The number of rotatable bonds is 3. The molecule has 1 aliphatic carbocycles. The molecule has 24 heavy (non-hydrogen) atoms. The first-order valence-corrected chi connectivity index (χ1v) is 8.92. The number of nitrogens with one attached hydrogen (secondary N) is 1. The molecule has 0 atom stereocenters. The molecule has 0 unspecified atom stereocenters. The number of allylic oxidation sites excluding steroid dienone is 1. The minimum absolute atomic E-state index is 0.240. The van der Waals surface area contributed by atoms with E-state index in [1.165, 1.54) is 6.21 Å². The summed E-state index contributed by atoms with van der Waals surface area (Å²) in [6, 6.07) is 9.30. The lowest BCUT2D eigenvalue weighted by Crippen LogP contribution is -2.49. The van der Waals surface area contributed by atoms with Gasteiger partial charge in [0.05, 0.1) is 6.21 Å². The molecule has 0 bridgehead atoms. The van der Waals surface area contributed by atoms with Crippen LogP contribution < -0.4 is 5.32 Å². The molecule has 1 aromatic rings. The molecule has 0 radical (unpaired) electrons. The second kappa shape index (κ2) is 6.89. The Bertz CT molecular complexity index is 691. The van der Waals surface area contributed by atoms with Gasteiger partial charge < -0.3 is 5.32 Å². The van der Waals surface area contributed by atoms with E-state index in [0.29, 0.717) is 23.2 Å². The average molecular weight is 390 g/mol. The number of nitrogens with zero attached hydrogens (tertiary/aromatic N) is 2. The number of urea groups is 1. The number of carbonyl (C=O) groups is 2. The summed E-state index contributed by atoms with van der Waals surface area (Å²) >= 11 is 3.40. The lowest BCUT2D eigenvalue weighted by Gasteiger charge is -2.33. The van der Waals surface area contributed by atoms with Crippen molar-refractivity contribution in [1.29, 1.82) is 0 Å². The van der Waals surface area contributed by atoms with Gasteiger partial charge in [-0.25, -0.2) is 4.79 Å². The normalized spacial score (nSPS) is 28.0. The molecule has 1 spiro atoms. The molecule has 2 aliphatic rings. The van der Waals surface area contributed by atoms with Gasteiger partial charge in [0.2, 0.25) is 0 Å². The zero-order valence-corrected chi connectivity index (χ0v) is 15.1. The molecule has 1 saturated carbocycles. The van der Waals surface area contributed by atoms with Gasteiger partial charge in [-0.2, -0.15) is 5.10 Å². The molecule has 1 saturated heterocycles. The molecule has 3 amide bonds. The fourth-order valence-electron chi connectivity index (χ4n) is 3.16. The molecule has 5 nitrogen and oxygen atoms in total. The van der Waals surface area contributed by atoms with Crippen molar-refractivity contribution < 1.29 is 9.59 Å². The monoisotopic (exact) mass is 389 g/mol. The molecule has 1 aromatic carbocycles. The van der Waals surface area contributed by atoms with Crippen LogP contribution in [0.4, 0.5) is 4.79 Å². The highest BCUT2D eigenvalue weighted by atomic mass is 79.9. The molecule has 0 aromatic heterocycles. The van der Waals surface area contributed by atoms with Crippen molar-refractivity contribution in [2.45, 2.75) is 38.1 Å². The van der Waals surface area contributed by atoms with Crippen LogP contribution in [-0.4, -0.2) is 28.7 Å². The first-order valence-electron chi connectivity index (χ1n) is 8.13. The van der Waals surface area contributed by atoms with E-state index in [0.717, 1.165) is 23.4 Å². The highest BCUT2D eigenvalue weighted by molar-refractivity contribution is 9.12. The topological polar surface area (TPSA) is 61.8 Å². The van der Waals surface area contributed by atoms with Gasteiger partial charge in [-0.1, -0.05) is 37.3 Å². The van der Waals surface area contributed by atoms with Crippen LogP contribution in [0.1, 0.15) is 38.2 Å². The van der Waals surface area contributed by atoms with Crippen molar-refractivity contribution >= 4 is 40.2 Å². The molecule has 1 N–H and O–H groups in total. The zero-order valence-electron chi connectivity index (χ0n) is 13.5. The van der Waals surface area contributed by atoms with Crippen molar-refractivity contribution in [3.8, 4) is 0 Å². The summed E-state index contributed by atoms with van der Waals surface area (Å²) in [4.78, 5) is 24.8. The highest BCUT2D eigenvalue weighted by Crippen LogP contribution is 2.36. The maximum Gasteiger partial charge on any atom is 0.346 e.